The van der Waals surface area contributed by atoms with Crippen LogP contribution < -0.4 is 0 Å². The molecule has 2 heteroatoms. The third kappa shape index (κ3) is 4.18. The first-order valence-corrected chi connectivity index (χ1v) is 3.15. The van der Waals surface area contributed by atoms with Gasteiger partial charge in [0.05, 0.1) is 12.7 Å². The maximum Gasteiger partial charge on any atom is 0.0774 e. The topological polar surface area (TPSA) is 29.5 Å². The van der Waals surface area contributed by atoms with E-state index in [0.29, 0.717) is 6.61 Å². The first-order chi connectivity index (χ1) is 4.39. The van der Waals surface area contributed by atoms with Gasteiger partial charge in [0.2, 0.25) is 0 Å². The molecule has 2 nitrogen and oxygen atoms in total. The highest BCUT2D eigenvalue weighted by Crippen LogP contribution is 2.03. The molecular formula is C7H14O2. The minimum absolute atomic E-state index is 0.186. The van der Waals surface area contributed by atoms with Crippen LogP contribution in [0.2, 0.25) is 0 Å². The van der Waals surface area contributed by atoms with E-state index >= 15 is 0 Å². The molecule has 0 aromatic carbocycles. The standard InChI is InChI=1S/C5H10O2.C2H4/c6-5-2-1-3-7-4-5;1-2/h5-6H,1-4H2;1-2H2/t5-;/m0./s1. The van der Waals surface area contributed by atoms with Crippen LogP contribution in [-0.4, -0.2) is 24.4 Å². The minimum Gasteiger partial charge on any atom is -0.391 e. The van der Waals surface area contributed by atoms with Gasteiger partial charge in [0, 0.05) is 6.61 Å². The molecule has 0 spiro atoms. The summed E-state index contributed by atoms with van der Waals surface area (Å²) in [4.78, 5) is 0. The normalized spacial score (nSPS) is 26.1. The zero-order valence-electron chi connectivity index (χ0n) is 5.68. The predicted molar refractivity (Wildman–Crippen MR) is 37.3 cm³/mol. The summed E-state index contributed by atoms with van der Waals surface area (Å²) in [5.74, 6) is 0. The molecule has 0 saturated carbocycles. The summed E-state index contributed by atoms with van der Waals surface area (Å²) in [6, 6.07) is 0. The molecule has 0 amide bonds. The third-order valence-corrected chi connectivity index (χ3v) is 1.14. The molecule has 0 unspecified atom stereocenters. The molecule has 1 rings (SSSR count). The van der Waals surface area contributed by atoms with E-state index in [0.717, 1.165) is 19.4 Å². The van der Waals surface area contributed by atoms with Gasteiger partial charge >= 0.3 is 0 Å². The van der Waals surface area contributed by atoms with Crippen molar-refractivity contribution in [2.75, 3.05) is 13.2 Å². The highest BCUT2D eigenvalue weighted by atomic mass is 16.5. The van der Waals surface area contributed by atoms with E-state index in [4.69, 9.17) is 9.84 Å². The van der Waals surface area contributed by atoms with Gasteiger partial charge in [-0.3, -0.25) is 0 Å². The summed E-state index contributed by atoms with van der Waals surface area (Å²) in [6.07, 6.45) is 1.75. The summed E-state index contributed by atoms with van der Waals surface area (Å²) in [5.41, 5.74) is 0. The average molecular weight is 130 g/mol. The Balaban J connectivity index is 0.000000291. The van der Waals surface area contributed by atoms with Gasteiger partial charge in [-0.05, 0) is 12.8 Å². The Kier molecular flexibility index (Phi) is 5.57. The lowest BCUT2D eigenvalue weighted by atomic mass is 10.2. The van der Waals surface area contributed by atoms with E-state index in [-0.39, 0.29) is 6.10 Å². The maximum absolute atomic E-state index is 8.78. The van der Waals surface area contributed by atoms with Gasteiger partial charge in [0.25, 0.3) is 0 Å². The first kappa shape index (κ1) is 8.66. The van der Waals surface area contributed by atoms with E-state index in [1.807, 2.05) is 0 Å². The fourth-order valence-electron chi connectivity index (χ4n) is 0.724. The third-order valence-electron chi connectivity index (χ3n) is 1.14. The molecule has 1 atom stereocenters. The Morgan fingerprint density at radius 3 is 2.33 bits per heavy atom. The van der Waals surface area contributed by atoms with Crippen LogP contribution in [0.1, 0.15) is 12.8 Å². The monoisotopic (exact) mass is 130 g/mol. The summed E-state index contributed by atoms with van der Waals surface area (Å²) < 4.78 is 4.93. The molecule has 0 aromatic heterocycles. The number of aliphatic hydroxyl groups excluding tert-OH is 1. The molecular weight excluding hydrogens is 116 g/mol. The number of hydrogen-bond donors (Lipinski definition) is 1. The molecule has 1 heterocycles. The number of hydrogen-bond acceptors (Lipinski definition) is 2. The van der Waals surface area contributed by atoms with Crippen molar-refractivity contribution in [2.24, 2.45) is 0 Å². The predicted octanol–water partition coefficient (Wildman–Crippen LogP) is 0.960. The maximum atomic E-state index is 8.78. The molecule has 1 fully saturated rings. The molecule has 1 saturated heterocycles. The van der Waals surface area contributed by atoms with Crippen molar-refractivity contribution < 1.29 is 9.84 Å². The second kappa shape index (κ2) is 5.79. The average Bonchev–Trinajstić information content (AvgIpc) is 1.94. The number of rotatable bonds is 0. The minimum atomic E-state index is -0.186. The van der Waals surface area contributed by atoms with Crippen LogP contribution in [0.5, 0.6) is 0 Å². The molecule has 0 bridgehead atoms. The van der Waals surface area contributed by atoms with Gasteiger partial charge in [-0.25, -0.2) is 0 Å². The number of aliphatic hydroxyl groups is 1. The van der Waals surface area contributed by atoms with Crippen LogP contribution in [0.4, 0.5) is 0 Å². The van der Waals surface area contributed by atoms with Crippen LogP contribution in [-0.2, 0) is 4.74 Å². The van der Waals surface area contributed by atoms with Gasteiger partial charge in [-0.2, -0.15) is 0 Å². The van der Waals surface area contributed by atoms with E-state index in [9.17, 15) is 0 Å². The summed E-state index contributed by atoms with van der Waals surface area (Å²) in [7, 11) is 0. The fraction of sp³-hybridized carbons (Fsp3) is 0.714. The van der Waals surface area contributed by atoms with Crippen LogP contribution in [0.15, 0.2) is 13.2 Å². The molecule has 1 aliphatic rings. The van der Waals surface area contributed by atoms with Crippen molar-refractivity contribution in [3.05, 3.63) is 13.2 Å². The zero-order valence-corrected chi connectivity index (χ0v) is 5.68. The zero-order chi connectivity index (χ0) is 7.11. The molecule has 0 aromatic rings. The lowest BCUT2D eigenvalue weighted by molar-refractivity contribution is -0.00535. The highest BCUT2D eigenvalue weighted by molar-refractivity contribution is 4.57. The molecule has 1 N–H and O–H groups in total. The Hall–Kier alpha value is -0.340. The molecule has 9 heavy (non-hydrogen) atoms. The molecule has 0 radical (unpaired) electrons. The van der Waals surface area contributed by atoms with Crippen molar-refractivity contribution in [1.29, 1.82) is 0 Å². The quantitative estimate of drug-likeness (QED) is 0.495. The van der Waals surface area contributed by atoms with Crippen LogP contribution >= 0.6 is 0 Å². The summed E-state index contributed by atoms with van der Waals surface area (Å²) in [6.45, 7) is 7.37. The van der Waals surface area contributed by atoms with E-state index in [1.165, 1.54) is 0 Å². The van der Waals surface area contributed by atoms with Crippen LogP contribution in [0, 0.1) is 0 Å². The van der Waals surface area contributed by atoms with E-state index < -0.39 is 0 Å². The van der Waals surface area contributed by atoms with Crippen molar-refractivity contribution in [2.45, 2.75) is 18.9 Å². The second-order valence-electron chi connectivity index (χ2n) is 1.87. The molecule has 1 aliphatic heterocycles. The van der Waals surface area contributed by atoms with Crippen molar-refractivity contribution in [3.63, 3.8) is 0 Å². The Morgan fingerprint density at radius 2 is 2.11 bits per heavy atom. The summed E-state index contributed by atoms with van der Waals surface area (Å²) in [5, 5.41) is 8.78. The first-order valence-electron chi connectivity index (χ1n) is 3.15. The van der Waals surface area contributed by atoms with Crippen molar-refractivity contribution in [3.8, 4) is 0 Å². The SMILES string of the molecule is C=C.O[C@H]1CCCOC1. The van der Waals surface area contributed by atoms with Crippen LogP contribution in [0.3, 0.4) is 0 Å². The Bertz CT molecular complexity index is 57.9. The molecule has 0 aliphatic carbocycles. The Morgan fingerprint density at radius 1 is 1.44 bits per heavy atom. The fourth-order valence-corrected chi connectivity index (χ4v) is 0.724. The summed E-state index contributed by atoms with van der Waals surface area (Å²) >= 11 is 0. The van der Waals surface area contributed by atoms with Gasteiger partial charge in [0.1, 0.15) is 0 Å². The van der Waals surface area contributed by atoms with Gasteiger partial charge in [-0.1, -0.05) is 0 Å². The van der Waals surface area contributed by atoms with Crippen LogP contribution in [0.25, 0.3) is 0 Å². The second-order valence-corrected chi connectivity index (χ2v) is 1.87. The largest absolute Gasteiger partial charge is 0.391 e. The Labute approximate surface area is 56.1 Å². The van der Waals surface area contributed by atoms with Crippen molar-refractivity contribution in [1.82, 2.24) is 0 Å². The van der Waals surface area contributed by atoms with E-state index in [1.54, 1.807) is 0 Å². The van der Waals surface area contributed by atoms with Gasteiger partial charge < -0.3 is 9.84 Å². The van der Waals surface area contributed by atoms with Gasteiger partial charge in [0.15, 0.2) is 0 Å². The lowest BCUT2D eigenvalue weighted by Crippen LogP contribution is -2.21. The lowest BCUT2D eigenvalue weighted by Gasteiger charge is -2.15. The smallest absolute Gasteiger partial charge is 0.0774 e. The van der Waals surface area contributed by atoms with Gasteiger partial charge in [-0.15, -0.1) is 13.2 Å². The highest BCUT2D eigenvalue weighted by Gasteiger charge is 2.07. The number of ether oxygens (including phenoxy) is 1. The van der Waals surface area contributed by atoms with Crippen molar-refractivity contribution >= 4 is 0 Å². The molecule has 54 valence electrons. The van der Waals surface area contributed by atoms with E-state index in [2.05, 4.69) is 13.2 Å².